The number of hydrogen-bond acceptors (Lipinski definition) is 10. The summed E-state index contributed by atoms with van der Waals surface area (Å²) in [7, 11) is 1.49. The van der Waals surface area contributed by atoms with E-state index in [4.69, 9.17) is 19.5 Å². The maximum absolute atomic E-state index is 13.4. The summed E-state index contributed by atoms with van der Waals surface area (Å²) in [5, 5.41) is 34.4. The number of nitrogens with one attached hydrogen (secondary N) is 1. The largest absolute Gasteiger partial charge is 0.496 e. The third kappa shape index (κ3) is 8.25. The van der Waals surface area contributed by atoms with Crippen molar-refractivity contribution in [2.24, 2.45) is 23.2 Å². The molecule has 3 N–H and O–H groups in total. The van der Waals surface area contributed by atoms with Crippen LogP contribution in [0.4, 0.5) is 0 Å². The van der Waals surface area contributed by atoms with Crippen molar-refractivity contribution in [3.63, 3.8) is 0 Å². The van der Waals surface area contributed by atoms with Crippen molar-refractivity contribution in [1.82, 2.24) is 10.3 Å². The number of carbonyl (C=O) groups excluding carboxylic acids is 3. The van der Waals surface area contributed by atoms with E-state index in [9.17, 15) is 24.6 Å². The minimum Gasteiger partial charge on any atom is -0.496 e. The Balaban J connectivity index is 0.000000765. The van der Waals surface area contributed by atoms with E-state index in [1.165, 1.54) is 19.2 Å². The van der Waals surface area contributed by atoms with Gasteiger partial charge in [-0.25, -0.2) is 4.79 Å². The van der Waals surface area contributed by atoms with Crippen molar-refractivity contribution in [1.29, 1.82) is 5.26 Å². The fourth-order valence-electron chi connectivity index (χ4n) is 7.76. The number of amides is 1. The summed E-state index contributed by atoms with van der Waals surface area (Å²) >= 11 is 0. The summed E-state index contributed by atoms with van der Waals surface area (Å²) in [6.45, 7) is 12.7. The summed E-state index contributed by atoms with van der Waals surface area (Å²) in [6, 6.07) is 11.8. The Hall–Kier alpha value is -4.53. The van der Waals surface area contributed by atoms with Crippen LogP contribution in [0.25, 0.3) is 5.76 Å². The monoisotopic (exact) mass is 689 g/mol. The van der Waals surface area contributed by atoms with Gasteiger partial charge in [0, 0.05) is 36.5 Å². The number of aliphatic hydroxyl groups is 2. The third-order valence-electron chi connectivity index (χ3n) is 10.3. The Morgan fingerprint density at radius 3 is 2.40 bits per heavy atom. The van der Waals surface area contributed by atoms with E-state index in [2.05, 4.69) is 17.2 Å². The molecular formula is C39H51N3O8. The Morgan fingerprint density at radius 1 is 1.16 bits per heavy atom. The van der Waals surface area contributed by atoms with Crippen LogP contribution in [0.1, 0.15) is 88.7 Å². The van der Waals surface area contributed by atoms with Gasteiger partial charge in [0.15, 0.2) is 6.29 Å². The number of carbonyl (C=O) groups is 3. The van der Waals surface area contributed by atoms with E-state index in [-0.39, 0.29) is 28.7 Å². The molecule has 0 spiro atoms. The van der Waals surface area contributed by atoms with Crippen molar-refractivity contribution < 1.29 is 38.8 Å². The number of nitrogens with zero attached hydrogens (tertiary/aromatic N) is 2. The van der Waals surface area contributed by atoms with Gasteiger partial charge < -0.3 is 29.7 Å². The smallest absolute Gasteiger partial charge is 0.338 e. The maximum Gasteiger partial charge on any atom is 0.338 e. The standard InChI is InChI=1S/C33H36N2O7.C4H9NO.C2H6/c1-19-24-14-28(41-31(39)21-9-7-20(16-34)8-10-21)33(3)30(32(24,2)12-11-25(19)37)29(38)23(18-36)27(42-33)15-26(40-4)22-6-5-13-35-17-22;1-2-3-5-4-6;1-2/h5-10,13,15,17-19,24-25,28-30,37-38H,11-12,14H2,1-4H3;4H,2-3H2,1H3,(H,5,6);1-2H3/b26-15-;;. The van der Waals surface area contributed by atoms with E-state index >= 15 is 0 Å². The molecule has 1 aromatic carbocycles. The zero-order valence-corrected chi connectivity index (χ0v) is 30.1. The van der Waals surface area contributed by atoms with Gasteiger partial charge in [-0.05, 0) is 86.3 Å². The molecule has 0 radical (unpaired) electrons. The molecule has 11 nitrogen and oxygen atoms in total. The number of benzene rings is 1. The summed E-state index contributed by atoms with van der Waals surface area (Å²) in [4.78, 5) is 39.5. The SMILES string of the molecule is CC.CCCNC=O.CO/C(=C\C1=C(C=O)C(O)C2C3(C)CCC(O)C(C)C3CC(OC(=O)c3ccc(C#N)cc3)C2(C)O1)c1cccnc1. The molecule has 1 amide bonds. The summed E-state index contributed by atoms with van der Waals surface area (Å²) in [5.74, 6) is -0.961. The predicted octanol–water partition coefficient (Wildman–Crippen LogP) is 5.37. The van der Waals surface area contributed by atoms with Gasteiger partial charge in [-0.1, -0.05) is 34.6 Å². The highest BCUT2D eigenvalue weighted by molar-refractivity contribution is 5.89. The minimum atomic E-state index is -1.24. The summed E-state index contributed by atoms with van der Waals surface area (Å²) in [6.07, 6.45) is 6.10. The van der Waals surface area contributed by atoms with Crippen LogP contribution in [-0.4, -0.2) is 71.4 Å². The second-order valence-corrected chi connectivity index (χ2v) is 13.1. The van der Waals surface area contributed by atoms with Gasteiger partial charge in [-0.2, -0.15) is 5.26 Å². The van der Waals surface area contributed by atoms with E-state index in [0.717, 1.165) is 13.0 Å². The van der Waals surface area contributed by atoms with E-state index < -0.39 is 41.2 Å². The lowest BCUT2D eigenvalue weighted by Gasteiger charge is -2.64. The molecule has 2 saturated carbocycles. The van der Waals surface area contributed by atoms with Crippen molar-refractivity contribution in [2.75, 3.05) is 13.7 Å². The van der Waals surface area contributed by atoms with E-state index in [0.29, 0.717) is 48.8 Å². The van der Waals surface area contributed by atoms with Gasteiger partial charge in [0.2, 0.25) is 6.41 Å². The first-order valence-corrected chi connectivity index (χ1v) is 17.3. The number of aliphatic hydroxyl groups excluding tert-OH is 2. The van der Waals surface area contributed by atoms with Gasteiger partial charge in [0.05, 0.1) is 42.1 Å². The number of fused-ring (bicyclic) bond motifs is 3. The molecule has 2 heterocycles. The summed E-state index contributed by atoms with van der Waals surface area (Å²) < 4.78 is 18.5. The lowest BCUT2D eigenvalue weighted by Crippen LogP contribution is -2.69. The molecule has 2 aromatic rings. The number of methoxy groups -OCH3 is 1. The Bertz CT molecular complexity index is 1550. The van der Waals surface area contributed by atoms with Crippen molar-refractivity contribution in [2.45, 2.75) is 91.1 Å². The highest BCUT2D eigenvalue weighted by Gasteiger charge is 2.67. The van der Waals surface area contributed by atoms with Crippen LogP contribution in [0.3, 0.4) is 0 Å². The molecular weight excluding hydrogens is 638 g/mol. The van der Waals surface area contributed by atoms with Crippen molar-refractivity contribution >= 4 is 24.4 Å². The first-order valence-electron chi connectivity index (χ1n) is 17.3. The molecule has 50 heavy (non-hydrogen) atoms. The first kappa shape index (κ1) is 39.9. The molecule has 1 aromatic heterocycles. The number of aldehydes is 1. The quantitative estimate of drug-likeness (QED) is 0.135. The number of aromatic nitrogens is 1. The molecule has 0 bridgehead atoms. The highest BCUT2D eigenvalue weighted by atomic mass is 16.6. The highest BCUT2D eigenvalue weighted by Crippen LogP contribution is 2.63. The molecule has 0 saturated heterocycles. The number of hydrogen-bond donors (Lipinski definition) is 3. The number of nitriles is 1. The van der Waals surface area contributed by atoms with Gasteiger partial charge in [0.1, 0.15) is 23.2 Å². The van der Waals surface area contributed by atoms with Gasteiger partial charge in [-0.15, -0.1) is 0 Å². The Morgan fingerprint density at radius 2 is 1.86 bits per heavy atom. The van der Waals surface area contributed by atoms with E-state index in [1.54, 1.807) is 42.7 Å². The van der Waals surface area contributed by atoms with Crippen molar-refractivity contribution in [3.8, 4) is 6.07 Å². The van der Waals surface area contributed by atoms with Gasteiger partial charge in [-0.3, -0.25) is 14.6 Å². The number of rotatable bonds is 9. The lowest BCUT2D eigenvalue weighted by atomic mass is 9.46. The zero-order chi connectivity index (χ0) is 37.1. The fourth-order valence-corrected chi connectivity index (χ4v) is 7.76. The Labute approximate surface area is 295 Å². The molecule has 8 atom stereocenters. The van der Waals surface area contributed by atoms with Crippen LogP contribution in [-0.2, 0) is 23.8 Å². The molecule has 1 aliphatic heterocycles. The maximum atomic E-state index is 13.4. The first-order chi connectivity index (χ1) is 24.0. The predicted molar refractivity (Wildman–Crippen MR) is 188 cm³/mol. The topological polar surface area (TPSA) is 168 Å². The van der Waals surface area contributed by atoms with Crippen LogP contribution >= 0.6 is 0 Å². The number of pyridine rings is 1. The molecule has 2 aliphatic carbocycles. The number of ether oxygens (including phenoxy) is 3. The van der Waals surface area contributed by atoms with Crippen LogP contribution in [0.2, 0.25) is 0 Å². The Kier molecular flexibility index (Phi) is 14.3. The molecule has 8 unspecified atom stereocenters. The van der Waals surface area contributed by atoms with Crippen molar-refractivity contribution in [3.05, 3.63) is 82.9 Å². The second-order valence-electron chi connectivity index (χ2n) is 13.1. The van der Waals surface area contributed by atoms with Gasteiger partial charge in [0.25, 0.3) is 0 Å². The molecule has 3 aliphatic rings. The zero-order valence-electron chi connectivity index (χ0n) is 30.1. The second kappa shape index (κ2) is 17.9. The molecule has 2 fully saturated rings. The summed E-state index contributed by atoms with van der Waals surface area (Å²) in [5.41, 5.74) is -0.340. The van der Waals surface area contributed by atoms with Gasteiger partial charge >= 0.3 is 5.97 Å². The average molecular weight is 690 g/mol. The minimum absolute atomic E-state index is 0.0775. The van der Waals surface area contributed by atoms with E-state index in [1.807, 2.05) is 40.7 Å². The molecule has 270 valence electrons. The van der Waals surface area contributed by atoms with Crippen LogP contribution in [0.15, 0.2) is 66.2 Å². The lowest BCUT2D eigenvalue weighted by molar-refractivity contribution is -0.250. The fraction of sp³-hybridized carbons (Fsp3) is 0.513. The molecule has 5 rings (SSSR count). The number of esters is 1. The number of allylic oxidation sites excluding steroid dienone is 1. The van der Waals surface area contributed by atoms with Crippen LogP contribution < -0.4 is 5.32 Å². The normalized spacial score (nSPS) is 29.8. The van der Waals surface area contributed by atoms with Crippen LogP contribution in [0.5, 0.6) is 0 Å². The molecule has 11 heteroatoms. The van der Waals surface area contributed by atoms with Crippen LogP contribution in [0, 0.1) is 34.5 Å². The average Bonchev–Trinajstić information content (AvgIpc) is 3.13. The third-order valence-corrected chi connectivity index (χ3v) is 10.3.